The summed E-state index contributed by atoms with van der Waals surface area (Å²) >= 11 is 0. The molecule has 0 unspecified atom stereocenters. The van der Waals surface area contributed by atoms with Crippen LogP contribution < -0.4 is 10.6 Å². The lowest BCUT2D eigenvalue weighted by molar-refractivity contribution is -0.127. The van der Waals surface area contributed by atoms with Gasteiger partial charge in [-0.2, -0.15) is 0 Å². The maximum Gasteiger partial charge on any atom is 0.324 e. The number of nitrogens with zero attached hydrogens (tertiary/aromatic N) is 1. The first-order chi connectivity index (χ1) is 13.0. The second kappa shape index (κ2) is 10.1. The average molecular weight is 375 g/mol. The van der Waals surface area contributed by atoms with Crippen LogP contribution in [0, 0.1) is 5.92 Å². The number of aliphatic hydroxyl groups excluding tert-OH is 1. The molecule has 4 amide bonds. The minimum absolute atomic E-state index is 0.118. The number of amides is 4. The van der Waals surface area contributed by atoms with Crippen LogP contribution in [0.1, 0.15) is 38.7 Å². The molecule has 0 aromatic heterocycles. The molecule has 0 radical (unpaired) electrons. The van der Waals surface area contributed by atoms with Gasteiger partial charge in [0.05, 0.1) is 12.6 Å². The second-order valence-corrected chi connectivity index (χ2v) is 7.01. The summed E-state index contributed by atoms with van der Waals surface area (Å²) < 4.78 is 0. The molecule has 0 aliphatic carbocycles. The smallest absolute Gasteiger partial charge is 0.324 e. The van der Waals surface area contributed by atoms with E-state index in [2.05, 4.69) is 10.6 Å². The zero-order valence-corrected chi connectivity index (χ0v) is 16.0. The number of aliphatic hydroxyl groups is 1. The standard InChI is InChI=1S/C20H29N3O4/c1-3-14(2)17(13-24)21-18(25)10-9-16-19(26)23(20(27)22-16)12-11-15-7-5-4-6-8-15/h4-8,14,16-17,24H,3,9-13H2,1-2H3,(H,21,25)(H,22,27)/t14-,16-,17+/m0/s1. The Kier molecular flexibility index (Phi) is 7.79. The summed E-state index contributed by atoms with van der Waals surface area (Å²) in [6.07, 6.45) is 1.81. The van der Waals surface area contributed by atoms with E-state index in [0.717, 1.165) is 12.0 Å². The molecule has 0 spiro atoms. The fourth-order valence-electron chi connectivity index (χ4n) is 3.08. The van der Waals surface area contributed by atoms with Gasteiger partial charge in [-0.25, -0.2) is 4.79 Å². The van der Waals surface area contributed by atoms with Crippen molar-refractivity contribution in [3.8, 4) is 0 Å². The van der Waals surface area contributed by atoms with Crippen molar-refractivity contribution in [2.24, 2.45) is 5.92 Å². The molecule has 1 aliphatic rings. The molecule has 7 heteroatoms. The van der Waals surface area contributed by atoms with Crippen molar-refractivity contribution < 1.29 is 19.5 Å². The van der Waals surface area contributed by atoms with Gasteiger partial charge in [-0.3, -0.25) is 14.5 Å². The Hall–Kier alpha value is -2.41. The molecule has 3 N–H and O–H groups in total. The van der Waals surface area contributed by atoms with Crippen LogP contribution in [0.25, 0.3) is 0 Å². The van der Waals surface area contributed by atoms with Crippen molar-refractivity contribution in [1.82, 2.24) is 15.5 Å². The zero-order chi connectivity index (χ0) is 19.8. The Balaban J connectivity index is 1.81. The lowest BCUT2D eigenvalue weighted by Crippen LogP contribution is -2.42. The van der Waals surface area contributed by atoms with E-state index in [1.807, 2.05) is 44.2 Å². The molecular weight excluding hydrogens is 346 g/mol. The zero-order valence-electron chi connectivity index (χ0n) is 16.0. The Morgan fingerprint density at radius 2 is 2.00 bits per heavy atom. The van der Waals surface area contributed by atoms with Crippen LogP contribution in [0.4, 0.5) is 4.79 Å². The Bertz CT molecular complexity index is 650. The van der Waals surface area contributed by atoms with E-state index in [-0.39, 0.29) is 43.2 Å². The summed E-state index contributed by atoms with van der Waals surface area (Å²) in [5.41, 5.74) is 1.06. The van der Waals surface area contributed by atoms with E-state index in [1.165, 1.54) is 4.90 Å². The predicted molar refractivity (Wildman–Crippen MR) is 102 cm³/mol. The lowest BCUT2D eigenvalue weighted by Gasteiger charge is -2.22. The van der Waals surface area contributed by atoms with Gasteiger partial charge in [0, 0.05) is 13.0 Å². The third kappa shape index (κ3) is 5.79. The van der Waals surface area contributed by atoms with Gasteiger partial charge < -0.3 is 15.7 Å². The van der Waals surface area contributed by atoms with Crippen molar-refractivity contribution in [1.29, 1.82) is 0 Å². The van der Waals surface area contributed by atoms with Gasteiger partial charge in [0.2, 0.25) is 5.91 Å². The van der Waals surface area contributed by atoms with Crippen molar-refractivity contribution >= 4 is 17.8 Å². The Morgan fingerprint density at radius 3 is 2.63 bits per heavy atom. The monoisotopic (exact) mass is 375 g/mol. The number of imide groups is 1. The molecule has 27 heavy (non-hydrogen) atoms. The number of rotatable bonds is 10. The van der Waals surface area contributed by atoms with Crippen LogP contribution in [-0.4, -0.2) is 53.1 Å². The van der Waals surface area contributed by atoms with Gasteiger partial charge in [0.15, 0.2) is 0 Å². The van der Waals surface area contributed by atoms with E-state index >= 15 is 0 Å². The highest BCUT2D eigenvalue weighted by atomic mass is 16.3. The summed E-state index contributed by atoms with van der Waals surface area (Å²) in [7, 11) is 0. The van der Waals surface area contributed by atoms with Gasteiger partial charge in [-0.15, -0.1) is 0 Å². The second-order valence-electron chi connectivity index (χ2n) is 7.01. The minimum Gasteiger partial charge on any atom is -0.394 e. The van der Waals surface area contributed by atoms with Crippen LogP contribution in [0.3, 0.4) is 0 Å². The molecule has 1 heterocycles. The van der Waals surface area contributed by atoms with Crippen molar-refractivity contribution in [2.75, 3.05) is 13.2 Å². The number of carbonyl (C=O) groups is 3. The highest BCUT2D eigenvalue weighted by molar-refractivity contribution is 6.04. The largest absolute Gasteiger partial charge is 0.394 e. The number of hydrogen-bond acceptors (Lipinski definition) is 4. The van der Waals surface area contributed by atoms with E-state index < -0.39 is 12.1 Å². The molecule has 1 aromatic rings. The third-order valence-corrected chi connectivity index (χ3v) is 5.11. The predicted octanol–water partition coefficient (Wildman–Crippen LogP) is 1.45. The molecule has 1 aromatic carbocycles. The van der Waals surface area contributed by atoms with E-state index in [0.29, 0.717) is 13.0 Å². The molecule has 0 saturated carbocycles. The van der Waals surface area contributed by atoms with Gasteiger partial charge in [0.1, 0.15) is 6.04 Å². The Morgan fingerprint density at radius 1 is 1.30 bits per heavy atom. The number of hydrogen-bond donors (Lipinski definition) is 3. The molecule has 3 atom stereocenters. The van der Waals surface area contributed by atoms with Gasteiger partial charge >= 0.3 is 6.03 Å². The normalized spacial score (nSPS) is 18.9. The first-order valence-corrected chi connectivity index (χ1v) is 9.52. The summed E-state index contributed by atoms with van der Waals surface area (Å²) in [4.78, 5) is 37.9. The molecule has 7 nitrogen and oxygen atoms in total. The van der Waals surface area contributed by atoms with Crippen LogP contribution in [0.2, 0.25) is 0 Å². The molecule has 1 aliphatic heterocycles. The Labute approximate surface area is 160 Å². The topological polar surface area (TPSA) is 98.7 Å². The maximum absolute atomic E-state index is 12.5. The highest BCUT2D eigenvalue weighted by Crippen LogP contribution is 2.13. The quantitative estimate of drug-likeness (QED) is 0.539. The first-order valence-electron chi connectivity index (χ1n) is 9.52. The number of urea groups is 1. The number of nitrogens with one attached hydrogen (secondary N) is 2. The van der Waals surface area contributed by atoms with Crippen LogP contribution in [0.15, 0.2) is 30.3 Å². The lowest BCUT2D eigenvalue weighted by atomic mass is 9.99. The summed E-state index contributed by atoms with van der Waals surface area (Å²) in [5.74, 6) is -0.344. The molecule has 1 saturated heterocycles. The molecule has 1 fully saturated rings. The first kappa shape index (κ1) is 20.9. The van der Waals surface area contributed by atoms with Crippen molar-refractivity contribution in [2.45, 2.75) is 51.6 Å². The van der Waals surface area contributed by atoms with Gasteiger partial charge in [0.25, 0.3) is 5.91 Å². The van der Waals surface area contributed by atoms with Gasteiger partial charge in [-0.05, 0) is 24.3 Å². The van der Waals surface area contributed by atoms with Crippen molar-refractivity contribution in [3.63, 3.8) is 0 Å². The summed E-state index contributed by atoms with van der Waals surface area (Å²) in [6, 6.07) is 8.29. The molecular formula is C20H29N3O4. The van der Waals surface area contributed by atoms with Crippen molar-refractivity contribution in [3.05, 3.63) is 35.9 Å². The molecule has 2 rings (SSSR count). The average Bonchev–Trinajstić information content (AvgIpc) is 2.96. The van der Waals surface area contributed by atoms with Crippen LogP contribution >= 0.6 is 0 Å². The van der Waals surface area contributed by atoms with E-state index in [9.17, 15) is 19.5 Å². The van der Waals surface area contributed by atoms with E-state index in [4.69, 9.17) is 0 Å². The van der Waals surface area contributed by atoms with E-state index in [1.54, 1.807) is 0 Å². The maximum atomic E-state index is 12.5. The third-order valence-electron chi connectivity index (χ3n) is 5.11. The fourth-order valence-corrected chi connectivity index (χ4v) is 3.08. The summed E-state index contributed by atoms with van der Waals surface area (Å²) in [5, 5.41) is 14.8. The van der Waals surface area contributed by atoms with Crippen LogP contribution in [0.5, 0.6) is 0 Å². The highest BCUT2D eigenvalue weighted by Gasteiger charge is 2.37. The number of carbonyl (C=O) groups excluding carboxylic acids is 3. The van der Waals surface area contributed by atoms with Gasteiger partial charge in [-0.1, -0.05) is 50.6 Å². The molecule has 148 valence electrons. The minimum atomic E-state index is -0.671. The number of benzene rings is 1. The fraction of sp³-hybridized carbons (Fsp3) is 0.550. The molecule has 0 bridgehead atoms. The summed E-state index contributed by atoms with van der Waals surface area (Å²) in [6.45, 7) is 4.16. The van der Waals surface area contributed by atoms with Crippen LogP contribution in [-0.2, 0) is 16.0 Å². The SMILES string of the molecule is CC[C@H](C)[C@@H](CO)NC(=O)CC[C@@H]1NC(=O)N(CCc2ccccc2)C1=O.